The van der Waals surface area contributed by atoms with E-state index in [2.05, 4.69) is 20.8 Å². The summed E-state index contributed by atoms with van der Waals surface area (Å²) >= 11 is 5.66. The van der Waals surface area contributed by atoms with Crippen LogP contribution in [0.25, 0.3) is 0 Å². The van der Waals surface area contributed by atoms with E-state index in [0.717, 1.165) is 6.42 Å². The Morgan fingerprint density at radius 2 is 2.00 bits per heavy atom. The Morgan fingerprint density at radius 3 is 2.23 bits per heavy atom. The average Bonchev–Trinajstić information content (AvgIpc) is 2.34. The average molecular weight is 201 g/mol. The first-order valence-corrected chi connectivity index (χ1v) is 5.47. The summed E-state index contributed by atoms with van der Waals surface area (Å²) in [5, 5.41) is -0.113. The Labute approximate surface area is 84.8 Å². The molecule has 0 radical (unpaired) electrons. The summed E-state index contributed by atoms with van der Waals surface area (Å²) in [6.07, 6.45) is 3.48. The van der Waals surface area contributed by atoms with Crippen LogP contribution in [0, 0.1) is 22.7 Å². The fraction of sp³-hybridized carbons (Fsp3) is 0.909. The number of hydrogen-bond acceptors (Lipinski definition) is 1. The Morgan fingerprint density at radius 1 is 1.38 bits per heavy atom. The molecule has 2 saturated carbocycles. The van der Waals surface area contributed by atoms with Crippen molar-refractivity contribution in [2.24, 2.45) is 22.7 Å². The molecular weight excluding hydrogens is 184 g/mol. The summed E-state index contributed by atoms with van der Waals surface area (Å²) < 4.78 is 0. The largest absolute Gasteiger partial charge is 0.281 e. The van der Waals surface area contributed by atoms with Gasteiger partial charge in [0.15, 0.2) is 0 Å². The molecule has 2 fully saturated rings. The zero-order valence-electron chi connectivity index (χ0n) is 8.56. The summed E-state index contributed by atoms with van der Waals surface area (Å²) in [7, 11) is 0. The second kappa shape index (κ2) is 2.50. The van der Waals surface area contributed by atoms with E-state index in [1.165, 1.54) is 12.8 Å². The van der Waals surface area contributed by atoms with E-state index in [1.54, 1.807) is 0 Å². The van der Waals surface area contributed by atoms with Crippen molar-refractivity contribution in [3.63, 3.8) is 0 Å². The molecule has 3 atom stereocenters. The molecule has 0 amide bonds. The number of halogens is 1. The van der Waals surface area contributed by atoms with Crippen LogP contribution in [0.5, 0.6) is 0 Å². The third-order valence-electron chi connectivity index (χ3n) is 5.07. The van der Waals surface area contributed by atoms with Crippen LogP contribution in [-0.4, -0.2) is 5.24 Å². The normalized spacial score (nSPS) is 46.8. The number of carbonyl (C=O) groups excluding carboxylic acids is 1. The third kappa shape index (κ3) is 0.971. The van der Waals surface area contributed by atoms with Gasteiger partial charge in [-0.1, -0.05) is 20.8 Å². The Balaban J connectivity index is 2.38. The molecule has 1 nitrogen and oxygen atoms in total. The maximum atomic E-state index is 11.3. The molecule has 74 valence electrons. The van der Waals surface area contributed by atoms with Crippen LogP contribution >= 0.6 is 11.6 Å². The standard InChI is InChI=1S/C11H17ClO/c1-10(2)7-4-5-11(10,3)8(6-7)9(12)13/h7-8H,4-6H2,1-3H3/t7-,8+,11-/m0/s1. The van der Waals surface area contributed by atoms with Crippen LogP contribution < -0.4 is 0 Å². The molecule has 0 aromatic carbocycles. The number of hydrogen-bond donors (Lipinski definition) is 0. The van der Waals surface area contributed by atoms with E-state index < -0.39 is 0 Å². The molecule has 2 aliphatic rings. The summed E-state index contributed by atoms with van der Waals surface area (Å²) in [5.41, 5.74) is 0.471. The summed E-state index contributed by atoms with van der Waals surface area (Å²) in [6, 6.07) is 0. The van der Waals surface area contributed by atoms with Gasteiger partial charge in [-0.05, 0) is 47.6 Å². The molecule has 0 spiro atoms. The minimum atomic E-state index is -0.113. The SMILES string of the molecule is CC1(C)[C@H]2CC[C@@]1(C)[C@@H](C(=O)Cl)C2. The van der Waals surface area contributed by atoms with E-state index in [-0.39, 0.29) is 16.6 Å². The molecule has 2 bridgehead atoms. The lowest BCUT2D eigenvalue weighted by atomic mass is 9.67. The van der Waals surface area contributed by atoms with Gasteiger partial charge in [-0.15, -0.1) is 0 Å². The van der Waals surface area contributed by atoms with E-state index in [9.17, 15) is 4.79 Å². The fourth-order valence-electron chi connectivity index (χ4n) is 3.55. The van der Waals surface area contributed by atoms with Crippen LogP contribution in [0.3, 0.4) is 0 Å². The molecule has 0 saturated heterocycles. The molecule has 0 N–H and O–H groups in total. The quantitative estimate of drug-likeness (QED) is 0.594. The molecule has 13 heavy (non-hydrogen) atoms. The maximum absolute atomic E-state index is 11.3. The molecule has 0 aromatic heterocycles. The Kier molecular flexibility index (Phi) is 1.83. The van der Waals surface area contributed by atoms with Gasteiger partial charge in [0.1, 0.15) is 0 Å². The second-order valence-corrected chi connectivity index (χ2v) is 5.84. The van der Waals surface area contributed by atoms with Crippen LogP contribution in [0.15, 0.2) is 0 Å². The zero-order valence-corrected chi connectivity index (χ0v) is 9.32. The Bertz CT molecular complexity index is 259. The van der Waals surface area contributed by atoms with Crippen molar-refractivity contribution in [1.82, 2.24) is 0 Å². The Hall–Kier alpha value is -0.0400. The van der Waals surface area contributed by atoms with Crippen molar-refractivity contribution < 1.29 is 4.79 Å². The molecule has 2 aliphatic carbocycles. The number of carbonyl (C=O) groups is 1. The van der Waals surface area contributed by atoms with Gasteiger partial charge in [0.2, 0.25) is 5.24 Å². The van der Waals surface area contributed by atoms with Gasteiger partial charge in [0.25, 0.3) is 0 Å². The summed E-state index contributed by atoms with van der Waals surface area (Å²) in [5.74, 6) is 0.827. The summed E-state index contributed by atoms with van der Waals surface area (Å²) in [4.78, 5) is 11.3. The minimum absolute atomic E-state index is 0.113. The van der Waals surface area contributed by atoms with Gasteiger partial charge >= 0.3 is 0 Å². The highest BCUT2D eigenvalue weighted by Gasteiger charge is 2.62. The highest BCUT2D eigenvalue weighted by Crippen LogP contribution is 2.68. The predicted octanol–water partition coefficient (Wildman–Crippen LogP) is 3.21. The molecule has 0 aliphatic heterocycles. The van der Waals surface area contributed by atoms with Crippen LogP contribution in [0.1, 0.15) is 40.0 Å². The van der Waals surface area contributed by atoms with E-state index in [4.69, 9.17) is 11.6 Å². The summed E-state index contributed by atoms with van der Waals surface area (Å²) in [6.45, 7) is 6.83. The van der Waals surface area contributed by atoms with Crippen molar-refractivity contribution in [1.29, 1.82) is 0 Å². The van der Waals surface area contributed by atoms with Crippen molar-refractivity contribution in [2.45, 2.75) is 40.0 Å². The zero-order chi connectivity index (χ0) is 9.85. The molecule has 0 aromatic rings. The van der Waals surface area contributed by atoms with Gasteiger partial charge in [-0.2, -0.15) is 0 Å². The first-order chi connectivity index (χ1) is 5.89. The van der Waals surface area contributed by atoms with Crippen molar-refractivity contribution in [3.8, 4) is 0 Å². The minimum Gasteiger partial charge on any atom is -0.281 e. The van der Waals surface area contributed by atoms with Gasteiger partial charge in [0, 0.05) is 5.92 Å². The lowest BCUT2D eigenvalue weighted by molar-refractivity contribution is -0.119. The van der Waals surface area contributed by atoms with E-state index in [1.807, 2.05) is 0 Å². The smallest absolute Gasteiger partial charge is 0.225 e. The number of fused-ring (bicyclic) bond motifs is 2. The van der Waals surface area contributed by atoms with Crippen molar-refractivity contribution in [2.75, 3.05) is 0 Å². The lowest BCUT2D eigenvalue weighted by Gasteiger charge is -2.37. The van der Waals surface area contributed by atoms with Crippen molar-refractivity contribution in [3.05, 3.63) is 0 Å². The van der Waals surface area contributed by atoms with Crippen LogP contribution in [0.2, 0.25) is 0 Å². The highest BCUT2D eigenvalue weighted by molar-refractivity contribution is 6.64. The van der Waals surface area contributed by atoms with E-state index >= 15 is 0 Å². The van der Waals surface area contributed by atoms with Crippen molar-refractivity contribution >= 4 is 16.8 Å². The first kappa shape index (κ1) is 9.51. The lowest BCUT2D eigenvalue weighted by Crippen LogP contribution is -2.34. The van der Waals surface area contributed by atoms with E-state index in [0.29, 0.717) is 11.3 Å². The molecule has 2 rings (SSSR count). The van der Waals surface area contributed by atoms with Gasteiger partial charge in [0.05, 0.1) is 0 Å². The maximum Gasteiger partial charge on any atom is 0.225 e. The van der Waals surface area contributed by atoms with Gasteiger partial charge in [-0.3, -0.25) is 4.79 Å². The molecule has 0 heterocycles. The first-order valence-electron chi connectivity index (χ1n) is 5.09. The second-order valence-electron chi connectivity index (χ2n) is 5.47. The third-order valence-corrected chi connectivity index (χ3v) is 5.33. The molecule has 2 heteroatoms. The molecular formula is C11H17ClO. The van der Waals surface area contributed by atoms with Crippen LogP contribution in [0.4, 0.5) is 0 Å². The fourth-order valence-corrected chi connectivity index (χ4v) is 3.88. The van der Waals surface area contributed by atoms with Gasteiger partial charge in [-0.25, -0.2) is 0 Å². The monoisotopic (exact) mass is 200 g/mol. The highest BCUT2D eigenvalue weighted by atomic mass is 35.5. The predicted molar refractivity (Wildman–Crippen MR) is 53.6 cm³/mol. The topological polar surface area (TPSA) is 17.1 Å². The molecule has 0 unspecified atom stereocenters. The van der Waals surface area contributed by atoms with Gasteiger partial charge < -0.3 is 0 Å². The number of rotatable bonds is 1. The van der Waals surface area contributed by atoms with Crippen LogP contribution in [-0.2, 0) is 4.79 Å².